The Bertz CT molecular complexity index is 882. The number of hydrogen-bond acceptors (Lipinski definition) is 4. The van der Waals surface area contributed by atoms with E-state index in [4.69, 9.17) is 0 Å². The number of fused-ring (bicyclic) bond motifs is 1. The van der Waals surface area contributed by atoms with E-state index >= 15 is 0 Å². The molecule has 1 amide bonds. The van der Waals surface area contributed by atoms with Gasteiger partial charge in [0.25, 0.3) is 5.91 Å². The molecule has 1 aliphatic rings. The molecule has 1 saturated heterocycles. The first-order valence-electron chi connectivity index (χ1n) is 8.71. The van der Waals surface area contributed by atoms with Crippen LogP contribution in [0.25, 0.3) is 10.9 Å². The average molecular weight is 335 g/mol. The molecular weight excluding hydrogens is 314 g/mol. The zero-order valence-corrected chi connectivity index (χ0v) is 14.0. The first-order valence-corrected chi connectivity index (χ1v) is 8.71. The second kappa shape index (κ2) is 6.93. The highest BCUT2D eigenvalue weighted by Crippen LogP contribution is 2.18. The third-order valence-electron chi connectivity index (χ3n) is 4.65. The third-order valence-corrected chi connectivity index (χ3v) is 4.65. The van der Waals surface area contributed by atoms with Crippen LogP contribution in [0.1, 0.15) is 28.9 Å². The summed E-state index contributed by atoms with van der Waals surface area (Å²) in [6.07, 6.45) is 6.54. The molecule has 0 atom stereocenters. The second-order valence-corrected chi connectivity index (χ2v) is 6.32. The van der Waals surface area contributed by atoms with Crippen LogP contribution >= 0.6 is 0 Å². The molecule has 2 N–H and O–H groups in total. The highest BCUT2D eigenvalue weighted by molar-refractivity contribution is 5.93. The summed E-state index contributed by atoms with van der Waals surface area (Å²) in [5, 5.41) is 4.54. The SMILES string of the molecule is O=C(c1cc(NCCc2c[nH]c3ccccc23)ncn1)N1CCCC1. The van der Waals surface area contributed by atoms with E-state index in [1.165, 1.54) is 17.3 Å². The first kappa shape index (κ1) is 15.6. The van der Waals surface area contributed by atoms with Crippen LogP contribution in [0.2, 0.25) is 0 Å². The molecule has 0 spiro atoms. The fraction of sp³-hybridized carbons (Fsp3) is 0.316. The molecule has 3 aromatic rings. The van der Waals surface area contributed by atoms with E-state index in [2.05, 4.69) is 38.6 Å². The van der Waals surface area contributed by atoms with Gasteiger partial charge in [0.2, 0.25) is 0 Å². The number of amides is 1. The van der Waals surface area contributed by atoms with Gasteiger partial charge < -0.3 is 15.2 Å². The molecule has 128 valence electrons. The number of carbonyl (C=O) groups excluding carboxylic acids is 1. The predicted molar refractivity (Wildman–Crippen MR) is 97.7 cm³/mol. The molecule has 1 fully saturated rings. The van der Waals surface area contributed by atoms with Gasteiger partial charge in [-0.25, -0.2) is 9.97 Å². The topological polar surface area (TPSA) is 73.9 Å². The number of H-pyrrole nitrogens is 1. The van der Waals surface area contributed by atoms with Crippen LogP contribution < -0.4 is 5.32 Å². The number of aromatic nitrogens is 3. The van der Waals surface area contributed by atoms with Gasteiger partial charge in [-0.1, -0.05) is 18.2 Å². The highest BCUT2D eigenvalue weighted by atomic mass is 16.2. The average Bonchev–Trinajstić information content (AvgIpc) is 3.32. The van der Waals surface area contributed by atoms with E-state index in [1.54, 1.807) is 6.07 Å². The minimum Gasteiger partial charge on any atom is -0.370 e. The summed E-state index contributed by atoms with van der Waals surface area (Å²) in [5.74, 6) is 0.692. The maximum atomic E-state index is 12.4. The summed E-state index contributed by atoms with van der Waals surface area (Å²) in [5.41, 5.74) is 2.88. The van der Waals surface area contributed by atoms with Crippen LogP contribution in [0, 0.1) is 0 Å². The van der Waals surface area contributed by atoms with Gasteiger partial charge in [-0.2, -0.15) is 0 Å². The smallest absolute Gasteiger partial charge is 0.272 e. The lowest BCUT2D eigenvalue weighted by Crippen LogP contribution is -2.28. The molecule has 6 heteroatoms. The van der Waals surface area contributed by atoms with Crippen molar-refractivity contribution in [3.8, 4) is 0 Å². The van der Waals surface area contributed by atoms with Crippen LogP contribution in [-0.2, 0) is 6.42 Å². The van der Waals surface area contributed by atoms with E-state index < -0.39 is 0 Å². The van der Waals surface area contributed by atoms with Crippen molar-refractivity contribution < 1.29 is 4.79 Å². The zero-order chi connectivity index (χ0) is 17.1. The molecule has 0 unspecified atom stereocenters. The number of carbonyl (C=O) groups is 1. The Morgan fingerprint density at radius 2 is 2.04 bits per heavy atom. The number of nitrogens with one attached hydrogen (secondary N) is 2. The van der Waals surface area contributed by atoms with Crippen molar-refractivity contribution in [3.05, 3.63) is 54.1 Å². The molecular formula is C19H21N5O. The van der Waals surface area contributed by atoms with Gasteiger partial charge in [-0.3, -0.25) is 4.79 Å². The van der Waals surface area contributed by atoms with Crippen molar-refractivity contribution in [2.24, 2.45) is 0 Å². The number of anilines is 1. The summed E-state index contributed by atoms with van der Waals surface area (Å²) < 4.78 is 0. The molecule has 0 bridgehead atoms. The van der Waals surface area contributed by atoms with Gasteiger partial charge in [0.1, 0.15) is 17.8 Å². The number of hydrogen-bond donors (Lipinski definition) is 2. The van der Waals surface area contributed by atoms with Crippen molar-refractivity contribution in [1.29, 1.82) is 0 Å². The van der Waals surface area contributed by atoms with Gasteiger partial charge in [0.05, 0.1) is 0 Å². The number of rotatable bonds is 5. The number of benzene rings is 1. The molecule has 0 aliphatic carbocycles. The predicted octanol–water partition coefficient (Wildman–Crippen LogP) is 2.85. The van der Waals surface area contributed by atoms with Crippen molar-refractivity contribution in [2.75, 3.05) is 25.0 Å². The number of nitrogens with zero attached hydrogens (tertiary/aromatic N) is 3. The van der Waals surface area contributed by atoms with E-state index in [0.717, 1.165) is 44.4 Å². The second-order valence-electron chi connectivity index (χ2n) is 6.32. The first-order chi connectivity index (χ1) is 12.3. The van der Waals surface area contributed by atoms with Crippen LogP contribution in [0.3, 0.4) is 0 Å². The summed E-state index contributed by atoms with van der Waals surface area (Å²) in [6, 6.07) is 10.0. The van der Waals surface area contributed by atoms with Crippen LogP contribution in [0.4, 0.5) is 5.82 Å². The minimum atomic E-state index is -0.000390. The van der Waals surface area contributed by atoms with Crippen molar-refractivity contribution in [3.63, 3.8) is 0 Å². The van der Waals surface area contributed by atoms with Gasteiger partial charge >= 0.3 is 0 Å². The molecule has 0 saturated carbocycles. The van der Waals surface area contributed by atoms with E-state index in [1.807, 2.05) is 17.0 Å². The Morgan fingerprint density at radius 1 is 1.20 bits per heavy atom. The van der Waals surface area contributed by atoms with E-state index in [0.29, 0.717) is 11.5 Å². The maximum absolute atomic E-state index is 12.4. The summed E-state index contributed by atoms with van der Waals surface area (Å²) in [7, 11) is 0. The molecule has 4 rings (SSSR count). The number of para-hydroxylation sites is 1. The standard InChI is InChI=1S/C19H21N5O/c25-19(24-9-3-4-10-24)17-11-18(23-13-22-17)20-8-7-14-12-21-16-6-2-1-5-15(14)16/h1-2,5-6,11-13,21H,3-4,7-10H2,(H,20,22,23). The molecule has 3 heterocycles. The minimum absolute atomic E-state index is 0.000390. The molecule has 0 radical (unpaired) electrons. The van der Waals surface area contributed by atoms with Gasteiger partial charge in [-0.15, -0.1) is 0 Å². The Labute approximate surface area is 146 Å². The van der Waals surface area contributed by atoms with Crippen molar-refractivity contribution in [1.82, 2.24) is 19.9 Å². The fourth-order valence-corrected chi connectivity index (χ4v) is 3.32. The van der Waals surface area contributed by atoms with Gasteiger partial charge in [0, 0.05) is 42.8 Å². The largest absolute Gasteiger partial charge is 0.370 e. The lowest BCUT2D eigenvalue weighted by molar-refractivity contribution is 0.0787. The Kier molecular flexibility index (Phi) is 4.33. The van der Waals surface area contributed by atoms with Crippen LogP contribution in [0.15, 0.2) is 42.9 Å². The Morgan fingerprint density at radius 3 is 2.92 bits per heavy atom. The van der Waals surface area contributed by atoms with Crippen molar-refractivity contribution in [2.45, 2.75) is 19.3 Å². The van der Waals surface area contributed by atoms with Crippen LogP contribution in [-0.4, -0.2) is 45.4 Å². The fourth-order valence-electron chi connectivity index (χ4n) is 3.32. The Balaban J connectivity index is 1.39. The quantitative estimate of drug-likeness (QED) is 0.752. The lowest BCUT2D eigenvalue weighted by atomic mass is 10.1. The molecule has 6 nitrogen and oxygen atoms in total. The van der Waals surface area contributed by atoms with E-state index in [-0.39, 0.29) is 5.91 Å². The summed E-state index contributed by atoms with van der Waals surface area (Å²) >= 11 is 0. The summed E-state index contributed by atoms with van der Waals surface area (Å²) in [6.45, 7) is 2.40. The van der Waals surface area contributed by atoms with Crippen LogP contribution in [0.5, 0.6) is 0 Å². The molecule has 25 heavy (non-hydrogen) atoms. The molecule has 1 aromatic carbocycles. The lowest BCUT2D eigenvalue weighted by Gasteiger charge is -2.14. The monoisotopic (exact) mass is 335 g/mol. The maximum Gasteiger partial charge on any atom is 0.272 e. The number of aromatic amines is 1. The van der Waals surface area contributed by atoms with E-state index in [9.17, 15) is 4.79 Å². The van der Waals surface area contributed by atoms with Crippen molar-refractivity contribution >= 4 is 22.6 Å². The van der Waals surface area contributed by atoms with Gasteiger partial charge in [-0.05, 0) is 30.9 Å². The summed E-state index contributed by atoms with van der Waals surface area (Å²) in [4.78, 5) is 25.9. The molecule has 2 aromatic heterocycles. The third kappa shape index (κ3) is 3.33. The zero-order valence-electron chi connectivity index (χ0n) is 14.0. The molecule has 1 aliphatic heterocycles. The number of likely N-dealkylation sites (tertiary alicyclic amines) is 1. The Hall–Kier alpha value is -2.89. The normalized spacial score (nSPS) is 14.2. The van der Waals surface area contributed by atoms with Gasteiger partial charge in [0.15, 0.2) is 0 Å². The highest BCUT2D eigenvalue weighted by Gasteiger charge is 2.20.